The average Bonchev–Trinajstić information content (AvgIpc) is 2.62. The second-order valence-electron chi connectivity index (χ2n) is 6.08. The lowest BCUT2D eigenvalue weighted by atomic mass is 10.3. The van der Waals surface area contributed by atoms with Gasteiger partial charge in [0.15, 0.2) is 0 Å². The molecule has 2 N–H and O–H groups in total. The Morgan fingerprint density at radius 2 is 1.04 bits per heavy atom. The zero-order chi connectivity index (χ0) is 19.3. The topological polar surface area (TPSA) is 84.6 Å². The van der Waals surface area contributed by atoms with Crippen molar-refractivity contribution in [1.29, 1.82) is 0 Å². The molecule has 0 radical (unpaired) electrons. The molecule has 0 saturated heterocycles. The van der Waals surface area contributed by atoms with Gasteiger partial charge in [-0.1, -0.05) is 0 Å². The summed E-state index contributed by atoms with van der Waals surface area (Å²) in [6.07, 6.45) is 1.85. The summed E-state index contributed by atoms with van der Waals surface area (Å²) in [7, 11) is 4.83. The Bertz CT molecular complexity index is 289. The summed E-state index contributed by atoms with van der Waals surface area (Å²) < 4.78 is 32.9. The quantitative estimate of drug-likeness (QED) is 0.388. The maximum absolute atomic E-state index is 5.99. The van der Waals surface area contributed by atoms with Gasteiger partial charge in [0.2, 0.25) is 0 Å². The molecule has 8 nitrogen and oxygen atoms in total. The van der Waals surface area contributed by atoms with Crippen LogP contribution in [-0.2, 0) is 26.6 Å². The smallest absolute Gasteiger partial charge is 0.377 e. The van der Waals surface area contributed by atoms with Crippen LogP contribution in [0.2, 0.25) is 12.1 Å². The third kappa shape index (κ3) is 9.04. The summed E-state index contributed by atoms with van der Waals surface area (Å²) in [4.78, 5) is 2.35. The number of hydrogen-bond donors (Lipinski definition) is 1. The van der Waals surface area contributed by atoms with Crippen LogP contribution in [-0.4, -0.2) is 90.8 Å². The second-order valence-corrected chi connectivity index (χ2v) is 12.3. The highest BCUT2D eigenvalue weighted by molar-refractivity contribution is 6.60. The van der Waals surface area contributed by atoms with Crippen LogP contribution in [0.15, 0.2) is 0 Å². The second kappa shape index (κ2) is 13.3. The van der Waals surface area contributed by atoms with Gasteiger partial charge in [0.1, 0.15) is 0 Å². The Kier molecular flexibility index (Phi) is 13.4. The number of rotatable bonds is 16. The molecule has 0 spiro atoms. The first-order chi connectivity index (χ1) is 11.9. The molecule has 0 fully saturated rings. The molecule has 0 saturated carbocycles. The summed E-state index contributed by atoms with van der Waals surface area (Å²) >= 11 is 0. The van der Waals surface area contributed by atoms with E-state index in [4.69, 9.17) is 32.3 Å². The Balaban J connectivity index is 4.51. The van der Waals surface area contributed by atoms with E-state index in [0.717, 1.165) is 44.6 Å². The van der Waals surface area contributed by atoms with Crippen LogP contribution in [0.25, 0.3) is 0 Å². The molecule has 10 heteroatoms. The largest absolute Gasteiger partial charge is 0.500 e. The van der Waals surface area contributed by atoms with Gasteiger partial charge in [-0.15, -0.1) is 0 Å². The molecule has 25 heavy (non-hydrogen) atoms. The van der Waals surface area contributed by atoms with E-state index in [0.29, 0.717) is 0 Å². The monoisotopic (exact) mass is 398 g/mol. The zero-order valence-electron chi connectivity index (χ0n) is 17.0. The van der Waals surface area contributed by atoms with Gasteiger partial charge in [-0.05, 0) is 32.9 Å². The van der Waals surface area contributed by atoms with Gasteiger partial charge in [-0.25, -0.2) is 0 Å². The highest BCUT2D eigenvalue weighted by Gasteiger charge is 2.38. The highest BCUT2D eigenvalue weighted by Crippen LogP contribution is 2.17. The van der Waals surface area contributed by atoms with Crippen LogP contribution >= 0.6 is 0 Å². The Hall–Kier alpha value is 0.114. The maximum Gasteiger partial charge on any atom is 0.500 e. The van der Waals surface area contributed by atoms with Gasteiger partial charge in [0, 0.05) is 67.3 Å². The zero-order valence-corrected chi connectivity index (χ0v) is 19.0. The Morgan fingerprint density at radius 3 is 1.28 bits per heavy atom. The first-order valence-electron chi connectivity index (χ1n) is 8.65. The third-order valence-corrected chi connectivity index (χ3v) is 9.99. The van der Waals surface area contributed by atoms with Crippen molar-refractivity contribution in [3.8, 4) is 0 Å². The molecule has 0 amide bonds. The van der Waals surface area contributed by atoms with E-state index in [9.17, 15) is 0 Å². The van der Waals surface area contributed by atoms with Crippen molar-refractivity contribution in [1.82, 2.24) is 4.90 Å². The van der Waals surface area contributed by atoms with E-state index >= 15 is 0 Å². The van der Waals surface area contributed by atoms with Crippen LogP contribution in [0.1, 0.15) is 19.8 Å². The van der Waals surface area contributed by atoms with Crippen molar-refractivity contribution >= 4 is 17.6 Å². The molecule has 1 atom stereocenters. The minimum atomic E-state index is -2.51. The van der Waals surface area contributed by atoms with E-state index in [1.54, 1.807) is 42.7 Å². The predicted molar refractivity (Wildman–Crippen MR) is 102 cm³/mol. The van der Waals surface area contributed by atoms with Crippen LogP contribution in [0, 0.1) is 0 Å². The maximum atomic E-state index is 5.99. The molecule has 1 unspecified atom stereocenters. The van der Waals surface area contributed by atoms with Crippen molar-refractivity contribution in [2.75, 3.05) is 62.3 Å². The van der Waals surface area contributed by atoms with Gasteiger partial charge in [-0.2, -0.15) is 0 Å². The van der Waals surface area contributed by atoms with E-state index in [-0.39, 0.29) is 6.04 Å². The number of nitrogens with two attached hydrogens (primary N) is 1. The normalized spacial score (nSPS) is 14.3. The first-order valence-corrected chi connectivity index (χ1v) is 12.5. The number of nitrogens with zero attached hydrogens (tertiary/aromatic N) is 1. The minimum absolute atomic E-state index is 0.114. The lowest BCUT2D eigenvalue weighted by Gasteiger charge is -2.29. The van der Waals surface area contributed by atoms with E-state index < -0.39 is 17.6 Å². The number of hydrogen-bond acceptors (Lipinski definition) is 8. The highest BCUT2D eigenvalue weighted by atomic mass is 28.4. The van der Waals surface area contributed by atoms with Crippen LogP contribution in [0.4, 0.5) is 0 Å². The van der Waals surface area contributed by atoms with Gasteiger partial charge in [0.05, 0.1) is 0 Å². The fraction of sp³-hybridized carbons (Fsp3) is 1.00. The van der Waals surface area contributed by atoms with Crippen LogP contribution in [0.5, 0.6) is 0 Å². The molecule has 0 aromatic carbocycles. The molecular weight excluding hydrogens is 360 g/mol. The van der Waals surface area contributed by atoms with Gasteiger partial charge in [-0.3, -0.25) is 0 Å². The van der Waals surface area contributed by atoms with Crippen LogP contribution < -0.4 is 5.73 Å². The SMILES string of the molecule is CO[Si](CCCN(CCC[Si](OC)(OC)OC)CC(C)N)(OC)OC. The standard InChI is InChI=1S/C15H38N2O6Si2/c1-15(16)14-17(10-8-12-24(18-2,19-3)20-4)11-9-13-25(21-5,22-6)23-7/h15H,8-14,16H2,1-7H3. The Labute approximate surface area is 155 Å². The molecular formula is C15H38N2O6Si2. The summed E-state index contributed by atoms with van der Waals surface area (Å²) in [5, 5.41) is 0. The fourth-order valence-electron chi connectivity index (χ4n) is 2.85. The molecule has 0 aromatic heterocycles. The van der Waals surface area contributed by atoms with Gasteiger partial charge < -0.3 is 37.2 Å². The van der Waals surface area contributed by atoms with E-state index in [1.165, 1.54) is 0 Å². The van der Waals surface area contributed by atoms with Crippen molar-refractivity contribution in [2.45, 2.75) is 37.9 Å². The Morgan fingerprint density at radius 1 is 0.720 bits per heavy atom. The van der Waals surface area contributed by atoms with Crippen molar-refractivity contribution in [3.05, 3.63) is 0 Å². The predicted octanol–water partition coefficient (Wildman–Crippen LogP) is 1.17. The molecule has 0 heterocycles. The molecule has 152 valence electrons. The van der Waals surface area contributed by atoms with Crippen molar-refractivity contribution in [3.63, 3.8) is 0 Å². The van der Waals surface area contributed by atoms with E-state index in [1.807, 2.05) is 6.92 Å². The van der Waals surface area contributed by atoms with E-state index in [2.05, 4.69) is 4.90 Å². The lowest BCUT2D eigenvalue weighted by Crippen LogP contribution is -2.45. The molecule has 0 aliphatic carbocycles. The first kappa shape index (κ1) is 25.1. The minimum Gasteiger partial charge on any atom is -0.377 e. The molecule has 0 aliphatic rings. The van der Waals surface area contributed by atoms with Gasteiger partial charge in [0.25, 0.3) is 0 Å². The summed E-state index contributed by atoms with van der Waals surface area (Å²) in [5.41, 5.74) is 5.99. The summed E-state index contributed by atoms with van der Waals surface area (Å²) in [6.45, 7) is 4.68. The van der Waals surface area contributed by atoms with Gasteiger partial charge >= 0.3 is 17.6 Å². The fourth-order valence-corrected chi connectivity index (χ4v) is 6.26. The average molecular weight is 399 g/mol. The molecule has 0 rings (SSSR count). The summed E-state index contributed by atoms with van der Waals surface area (Å²) in [6, 6.07) is 1.67. The van der Waals surface area contributed by atoms with Crippen molar-refractivity contribution < 1.29 is 26.6 Å². The molecule has 0 aliphatic heterocycles. The third-order valence-electron chi connectivity index (χ3n) is 4.33. The molecule has 0 bridgehead atoms. The van der Waals surface area contributed by atoms with Crippen LogP contribution in [0.3, 0.4) is 0 Å². The summed E-state index contributed by atoms with van der Waals surface area (Å²) in [5.74, 6) is 0. The lowest BCUT2D eigenvalue weighted by molar-refractivity contribution is 0.119. The molecule has 0 aromatic rings. The van der Waals surface area contributed by atoms with Crippen molar-refractivity contribution in [2.24, 2.45) is 5.73 Å².